The van der Waals surface area contributed by atoms with Crippen LogP contribution in [0.5, 0.6) is 0 Å². The number of aromatic nitrogens is 2. The second kappa shape index (κ2) is 7.24. The lowest BCUT2D eigenvalue weighted by molar-refractivity contribution is 0.256. The third-order valence-corrected chi connectivity index (χ3v) is 7.22. The normalized spacial score (nSPS) is 20.8. The van der Waals surface area contributed by atoms with Gasteiger partial charge < -0.3 is 5.32 Å². The van der Waals surface area contributed by atoms with Crippen LogP contribution in [0.3, 0.4) is 0 Å². The van der Waals surface area contributed by atoms with E-state index >= 15 is 0 Å². The van der Waals surface area contributed by atoms with Gasteiger partial charge in [-0.1, -0.05) is 48.5 Å². The van der Waals surface area contributed by atoms with E-state index in [-0.39, 0.29) is 0 Å². The number of H-pyrrole nitrogens is 1. The van der Waals surface area contributed by atoms with Crippen LogP contribution in [0.4, 0.5) is 5.69 Å². The van der Waals surface area contributed by atoms with Crippen molar-refractivity contribution in [2.75, 3.05) is 25.0 Å². The smallest absolute Gasteiger partial charge is 0.0656 e. The highest BCUT2D eigenvalue weighted by atomic mass is 15.2. The Labute approximate surface area is 183 Å². The Morgan fingerprint density at radius 2 is 1.97 bits per heavy atom. The Balaban J connectivity index is 1.25. The van der Waals surface area contributed by atoms with Gasteiger partial charge in [-0.05, 0) is 66.3 Å². The molecule has 2 aliphatic rings. The van der Waals surface area contributed by atoms with E-state index in [1.807, 2.05) is 6.20 Å². The molecular weight excluding hydrogens is 380 g/mol. The van der Waals surface area contributed by atoms with E-state index in [4.69, 9.17) is 0 Å². The zero-order valence-electron chi connectivity index (χ0n) is 18.0. The molecule has 156 valence electrons. The van der Waals surface area contributed by atoms with E-state index in [0.717, 1.165) is 25.0 Å². The number of benzene rings is 3. The van der Waals surface area contributed by atoms with E-state index in [0.29, 0.717) is 5.41 Å². The maximum atomic E-state index is 4.26. The summed E-state index contributed by atoms with van der Waals surface area (Å²) in [6.45, 7) is 6.66. The molecule has 4 aromatic rings. The van der Waals surface area contributed by atoms with E-state index in [9.17, 15) is 0 Å². The zero-order chi connectivity index (χ0) is 20.8. The van der Waals surface area contributed by atoms with Crippen molar-refractivity contribution < 1.29 is 0 Å². The van der Waals surface area contributed by atoms with Gasteiger partial charge in [-0.25, -0.2) is 0 Å². The van der Waals surface area contributed by atoms with Crippen molar-refractivity contribution in [3.8, 4) is 11.1 Å². The maximum Gasteiger partial charge on any atom is 0.0656 e. The Kier molecular flexibility index (Phi) is 4.35. The zero-order valence-corrected chi connectivity index (χ0v) is 18.0. The minimum absolute atomic E-state index is 0.351. The molecule has 1 aromatic heterocycles. The Hall–Kier alpha value is -3.11. The summed E-state index contributed by atoms with van der Waals surface area (Å²) in [5.41, 5.74) is 9.44. The quantitative estimate of drug-likeness (QED) is 0.477. The molecule has 1 unspecified atom stereocenters. The molecule has 31 heavy (non-hydrogen) atoms. The van der Waals surface area contributed by atoms with Crippen molar-refractivity contribution in [2.45, 2.75) is 26.3 Å². The standard InChI is InChI=1S/C27H28N4/c1-19-7-10-24-23(15-29-30-24)26(19)21-8-9-22-14-27(17-28-25(22)13-21)11-12-31(18-27)16-20-5-3-2-4-6-20/h2-10,13,15,28H,11-12,14,16-18H2,1H3,(H,29,30). The van der Waals surface area contributed by atoms with Gasteiger partial charge in [0, 0.05) is 36.1 Å². The van der Waals surface area contributed by atoms with Gasteiger partial charge in [0.25, 0.3) is 0 Å². The number of aromatic amines is 1. The summed E-state index contributed by atoms with van der Waals surface area (Å²) >= 11 is 0. The average Bonchev–Trinajstić information content (AvgIpc) is 3.41. The highest BCUT2D eigenvalue weighted by Gasteiger charge is 2.40. The van der Waals surface area contributed by atoms with Crippen LogP contribution >= 0.6 is 0 Å². The summed E-state index contributed by atoms with van der Waals surface area (Å²) < 4.78 is 0. The molecule has 0 radical (unpaired) electrons. The predicted octanol–water partition coefficient (Wildman–Crippen LogP) is 5.40. The number of anilines is 1. The third kappa shape index (κ3) is 3.31. The summed E-state index contributed by atoms with van der Waals surface area (Å²) in [5.74, 6) is 0. The summed E-state index contributed by atoms with van der Waals surface area (Å²) in [5, 5.41) is 12.4. The molecular formula is C27H28N4. The number of hydrogen-bond donors (Lipinski definition) is 2. The van der Waals surface area contributed by atoms with E-state index in [1.165, 1.54) is 58.4 Å². The number of nitrogens with zero attached hydrogens (tertiary/aromatic N) is 2. The van der Waals surface area contributed by atoms with Gasteiger partial charge in [0.05, 0.1) is 11.7 Å². The topological polar surface area (TPSA) is 44.0 Å². The Morgan fingerprint density at radius 1 is 1.06 bits per heavy atom. The van der Waals surface area contributed by atoms with Gasteiger partial charge in [-0.2, -0.15) is 5.10 Å². The minimum atomic E-state index is 0.351. The van der Waals surface area contributed by atoms with Crippen molar-refractivity contribution in [1.82, 2.24) is 15.1 Å². The molecule has 4 nitrogen and oxygen atoms in total. The molecule has 1 fully saturated rings. The fourth-order valence-corrected chi connectivity index (χ4v) is 5.60. The Morgan fingerprint density at radius 3 is 2.87 bits per heavy atom. The monoisotopic (exact) mass is 408 g/mol. The van der Waals surface area contributed by atoms with Crippen LogP contribution in [0.25, 0.3) is 22.0 Å². The molecule has 0 saturated carbocycles. The molecule has 0 amide bonds. The van der Waals surface area contributed by atoms with Crippen LogP contribution < -0.4 is 5.32 Å². The van der Waals surface area contributed by atoms with E-state index in [1.54, 1.807) is 0 Å². The number of nitrogens with one attached hydrogen (secondary N) is 2. The van der Waals surface area contributed by atoms with E-state index in [2.05, 4.69) is 88.0 Å². The first-order chi connectivity index (χ1) is 15.2. The fraction of sp³-hybridized carbons (Fsp3) is 0.296. The summed E-state index contributed by atoms with van der Waals surface area (Å²) in [7, 11) is 0. The van der Waals surface area contributed by atoms with Crippen molar-refractivity contribution in [3.05, 3.63) is 83.6 Å². The first-order valence-corrected chi connectivity index (χ1v) is 11.3. The predicted molar refractivity (Wildman–Crippen MR) is 127 cm³/mol. The van der Waals surface area contributed by atoms with Gasteiger partial charge in [-0.15, -0.1) is 0 Å². The molecule has 0 aliphatic carbocycles. The lowest BCUT2D eigenvalue weighted by atomic mass is 9.77. The van der Waals surface area contributed by atoms with Crippen molar-refractivity contribution in [2.24, 2.45) is 5.41 Å². The molecule has 2 aliphatic heterocycles. The Bertz CT molecular complexity index is 1240. The number of rotatable bonds is 3. The van der Waals surface area contributed by atoms with Crippen LogP contribution in [0.2, 0.25) is 0 Å². The van der Waals surface area contributed by atoms with Crippen LogP contribution in [0.1, 0.15) is 23.1 Å². The van der Waals surface area contributed by atoms with Crippen LogP contribution in [-0.2, 0) is 13.0 Å². The van der Waals surface area contributed by atoms with E-state index < -0.39 is 0 Å². The largest absolute Gasteiger partial charge is 0.384 e. The third-order valence-electron chi connectivity index (χ3n) is 7.22. The van der Waals surface area contributed by atoms with Crippen LogP contribution in [0, 0.1) is 12.3 Å². The molecule has 1 spiro atoms. The number of hydrogen-bond acceptors (Lipinski definition) is 3. The molecule has 2 N–H and O–H groups in total. The van der Waals surface area contributed by atoms with Crippen LogP contribution in [0.15, 0.2) is 66.9 Å². The second-order valence-corrected chi connectivity index (χ2v) is 9.44. The minimum Gasteiger partial charge on any atom is -0.384 e. The van der Waals surface area contributed by atoms with Crippen molar-refractivity contribution in [3.63, 3.8) is 0 Å². The summed E-state index contributed by atoms with van der Waals surface area (Å²) in [6.07, 6.45) is 4.37. The first-order valence-electron chi connectivity index (χ1n) is 11.3. The SMILES string of the molecule is Cc1ccc2[nH]ncc2c1-c1ccc2c(c1)NCC1(CCN(Cc3ccccc3)C1)C2. The van der Waals surface area contributed by atoms with Crippen molar-refractivity contribution in [1.29, 1.82) is 0 Å². The summed E-state index contributed by atoms with van der Waals surface area (Å²) in [6, 6.07) is 22.1. The van der Waals surface area contributed by atoms with Crippen molar-refractivity contribution >= 4 is 16.6 Å². The van der Waals surface area contributed by atoms with Crippen LogP contribution in [-0.4, -0.2) is 34.7 Å². The fourth-order valence-electron chi connectivity index (χ4n) is 5.60. The average molecular weight is 409 g/mol. The van der Waals surface area contributed by atoms with Gasteiger partial charge in [-0.3, -0.25) is 10.00 Å². The summed E-state index contributed by atoms with van der Waals surface area (Å²) in [4.78, 5) is 2.62. The number of likely N-dealkylation sites (tertiary alicyclic amines) is 1. The lowest BCUT2D eigenvalue weighted by Crippen LogP contribution is -2.38. The molecule has 4 heteroatoms. The molecule has 3 aromatic carbocycles. The second-order valence-electron chi connectivity index (χ2n) is 9.44. The number of aryl methyl sites for hydroxylation is 1. The molecule has 6 rings (SSSR count). The molecule has 0 bridgehead atoms. The maximum absolute atomic E-state index is 4.26. The number of fused-ring (bicyclic) bond motifs is 2. The molecule has 1 atom stereocenters. The lowest BCUT2D eigenvalue weighted by Gasteiger charge is -2.36. The van der Waals surface area contributed by atoms with Gasteiger partial charge in [0.1, 0.15) is 0 Å². The van der Waals surface area contributed by atoms with Gasteiger partial charge in [0.2, 0.25) is 0 Å². The van der Waals surface area contributed by atoms with Gasteiger partial charge >= 0.3 is 0 Å². The first kappa shape index (κ1) is 18.6. The molecule has 3 heterocycles. The van der Waals surface area contributed by atoms with Gasteiger partial charge in [0.15, 0.2) is 0 Å². The molecule has 1 saturated heterocycles. The highest BCUT2D eigenvalue weighted by molar-refractivity contribution is 5.96. The highest BCUT2D eigenvalue weighted by Crippen LogP contribution is 2.42.